The Labute approximate surface area is 195 Å². The van der Waals surface area contributed by atoms with E-state index in [2.05, 4.69) is 24.4 Å². The van der Waals surface area contributed by atoms with Crippen LogP contribution in [0.15, 0.2) is 54.6 Å². The Hall–Kier alpha value is -3.08. The third-order valence-corrected chi connectivity index (χ3v) is 7.61. The molecule has 0 saturated heterocycles. The van der Waals surface area contributed by atoms with Gasteiger partial charge in [-0.3, -0.25) is 9.59 Å². The summed E-state index contributed by atoms with van der Waals surface area (Å²) in [6, 6.07) is 18.3. The molecule has 1 fully saturated rings. The lowest BCUT2D eigenvalue weighted by Crippen LogP contribution is -2.64. The second-order valence-corrected chi connectivity index (χ2v) is 9.93. The van der Waals surface area contributed by atoms with Crippen LogP contribution in [0.1, 0.15) is 67.1 Å². The molecule has 1 saturated carbocycles. The molecule has 5 rings (SSSR count). The highest BCUT2D eigenvalue weighted by Crippen LogP contribution is 2.34. The standard InChI is InChI=1S/C28H33N3O2/c1-20-11-7-8-13-22(20)18-31-26(32)25-17-21-12-9-10-16-24(21)30(25)19-28(31,2)27(33)29-23-14-5-3-4-6-15-23/h7-13,16-17,23H,3-6,14-15,18-19H2,1-2H3,(H,29,33). The lowest BCUT2D eigenvalue weighted by Gasteiger charge is -2.45. The summed E-state index contributed by atoms with van der Waals surface area (Å²) < 4.78 is 2.04. The van der Waals surface area contributed by atoms with Crippen molar-refractivity contribution in [3.05, 3.63) is 71.4 Å². The second-order valence-electron chi connectivity index (χ2n) is 9.93. The van der Waals surface area contributed by atoms with E-state index in [9.17, 15) is 9.59 Å². The molecule has 1 aromatic heterocycles. The van der Waals surface area contributed by atoms with Gasteiger partial charge in [0.1, 0.15) is 11.2 Å². The van der Waals surface area contributed by atoms with Crippen molar-refractivity contribution in [2.24, 2.45) is 0 Å². The van der Waals surface area contributed by atoms with Crippen LogP contribution in [0.4, 0.5) is 0 Å². The summed E-state index contributed by atoms with van der Waals surface area (Å²) in [5.74, 6) is -0.126. The van der Waals surface area contributed by atoms with Gasteiger partial charge in [0.2, 0.25) is 5.91 Å². The third kappa shape index (κ3) is 3.94. The first-order valence-corrected chi connectivity index (χ1v) is 12.2. The predicted molar refractivity (Wildman–Crippen MR) is 131 cm³/mol. The van der Waals surface area contributed by atoms with Gasteiger partial charge < -0.3 is 14.8 Å². The predicted octanol–water partition coefficient (Wildman–Crippen LogP) is 5.20. The Morgan fingerprint density at radius 2 is 1.73 bits per heavy atom. The van der Waals surface area contributed by atoms with Gasteiger partial charge in [-0.1, -0.05) is 68.1 Å². The van der Waals surface area contributed by atoms with E-state index in [-0.39, 0.29) is 17.9 Å². The number of aryl methyl sites for hydroxylation is 1. The molecule has 0 spiro atoms. The van der Waals surface area contributed by atoms with Crippen molar-refractivity contribution in [1.29, 1.82) is 0 Å². The smallest absolute Gasteiger partial charge is 0.271 e. The zero-order chi connectivity index (χ0) is 23.0. The number of nitrogens with zero attached hydrogens (tertiary/aromatic N) is 2. The van der Waals surface area contributed by atoms with Gasteiger partial charge in [0, 0.05) is 23.5 Å². The lowest BCUT2D eigenvalue weighted by molar-refractivity contribution is -0.134. The molecule has 1 aliphatic heterocycles. The van der Waals surface area contributed by atoms with E-state index in [0.29, 0.717) is 18.8 Å². The highest BCUT2D eigenvalue weighted by molar-refractivity contribution is 6.03. The Morgan fingerprint density at radius 1 is 1.03 bits per heavy atom. The van der Waals surface area contributed by atoms with Crippen LogP contribution in [0.3, 0.4) is 0 Å². The van der Waals surface area contributed by atoms with Gasteiger partial charge in [-0.15, -0.1) is 0 Å². The minimum atomic E-state index is -0.972. The minimum absolute atomic E-state index is 0.0419. The van der Waals surface area contributed by atoms with E-state index in [1.165, 1.54) is 12.8 Å². The fourth-order valence-electron chi connectivity index (χ4n) is 5.48. The van der Waals surface area contributed by atoms with E-state index in [4.69, 9.17) is 0 Å². The van der Waals surface area contributed by atoms with Crippen LogP contribution in [0.25, 0.3) is 10.9 Å². The molecule has 1 N–H and O–H groups in total. The molecule has 172 valence electrons. The molecule has 2 heterocycles. The number of carbonyl (C=O) groups excluding carboxylic acids is 2. The van der Waals surface area contributed by atoms with Gasteiger partial charge in [-0.2, -0.15) is 0 Å². The van der Waals surface area contributed by atoms with Crippen molar-refractivity contribution in [2.75, 3.05) is 0 Å². The molecule has 5 heteroatoms. The largest absolute Gasteiger partial charge is 0.351 e. The number of amides is 2. The number of benzene rings is 2. The summed E-state index contributed by atoms with van der Waals surface area (Å²) in [7, 11) is 0. The summed E-state index contributed by atoms with van der Waals surface area (Å²) in [4.78, 5) is 29.6. The van der Waals surface area contributed by atoms with Crippen molar-refractivity contribution in [2.45, 2.75) is 77.0 Å². The van der Waals surface area contributed by atoms with Crippen molar-refractivity contribution in [1.82, 2.24) is 14.8 Å². The van der Waals surface area contributed by atoms with Crippen LogP contribution < -0.4 is 5.32 Å². The van der Waals surface area contributed by atoms with Gasteiger partial charge in [0.25, 0.3) is 5.91 Å². The Kier molecular flexibility index (Phi) is 5.73. The molecule has 2 amide bonds. The van der Waals surface area contributed by atoms with Crippen LogP contribution >= 0.6 is 0 Å². The number of fused-ring (bicyclic) bond motifs is 3. The first-order chi connectivity index (χ1) is 16.0. The Morgan fingerprint density at radius 3 is 2.48 bits per heavy atom. The molecular weight excluding hydrogens is 410 g/mol. The molecule has 0 radical (unpaired) electrons. The van der Waals surface area contributed by atoms with E-state index in [1.807, 2.05) is 54.0 Å². The van der Waals surface area contributed by atoms with E-state index in [1.54, 1.807) is 4.90 Å². The van der Waals surface area contributed by atoms with Crippen LogP contribution in [0.5, 0.6) is 0 Å². The van der Waals surface area contributed by atoms with E-state index in [0.717, 1.165) is 47.7 Å². The minimum Gasteiger partial charge on any atom is -0.351 e. The van der Waals surface area contributed by atoms with Gasteiger partial charge in [0.05, 0.1) is 6.54 Å². The van der Waals surface area contributed by atoms with Gasteiger partial charge in [0.15, 0.2) is 0 Å². The number of rotatable bonds is 4. The van der Waals surface area contributed by atoms with E-state index >= 15 is 0 Å². The van der Waals surface area contributed by atoms with Gasteiger partial charge in [-0.05, 0) is 49.9 Å². The monoisotopic (exact) mass is 443 g/mol. The van der Waals surface area contributed by atoms with Crippen LogP contribution in [-0.4, -0.2) is 32.9 Å². The third-order valence-electron chi connectivity index (χ3n) is 7.61. The average molecular weight is 444 g/mol. The highest BCUT2D eigenvalue weighted by atomic mass is 16.2. The molecule has 3 aromatic rings. The molecule has 1 aliphatic carbocycles. The summed E-state index contributed by atoms with van der Waals surface area (Å²) in [5.41, 5.74) is 2.89. The molecule has 1 unspecified atom stereocenters. The number of hydrogen-bond acceptors (Lipinski definition) is 2. The molecule has 5 nitrogen and oxygen atoms in total. The van der Waals surface area contributed by atoms with Gasteiger partial charge in [-0.25, -0.2) is 0 Å². The number of para-hydroxylation sites is 1. The number of nitrogens with one attached hydrogen (secondary N) is 1. The number of hydrogen-bond donors (Lipinski definition) is 1. The van der Waals surface area contributed by atoms with Crippen molar-refractivity contribution in [3.8, 4) is 0 Å². The summed E-state index contributed by atoms with van der Waals surface area (Å²) in [6.45, 7) is 4.87. The van der Waals surface area contributed by atoms with Crippen molar-refractivity contribution < 1.29 is 9.59 Å². The molecule has 0 bridgehead atoms. The fourth-order valence-corrected chi connectivity index (χ4v) is 5.48. The molecular formula is C28H33N3O2. The van der Waals surface area contributed by atoms with Crippen LogP contribution in [0, 0.1) is 6.92 Å². The van der Waals surface area contributed by atoms with Crippen LogP contribution in [-0.2, 0) is 17.9 Å². The van der Waals surface area contributed by atoms with Crippen molar-refractivity contribution >= 4 is 22.7 Å². The zero-order valence-electron chi connectivity index (χ0n) is 19.6. The van der Waals surface area contributed by atoms with Crippen LogP contribution in [0.2, 0.25) is 0 Å². The molecule has 2 aromatic carbocycles. The zero-order valence-corrected chi connectivity index (χ0v) is 19.6. The van der Waals surface area contributed by atoms with E-state index < -0.39 is 5.54 Å². The molecule has 1 atom stereocenters. The number of carbonyl (C=O) groups is 2. The SMILES string of the molecule is Cc1ccccc1CN1C(=O)c2cc3ccccc3n2CC1(C)C(=O)NC1CCCCCC1. The average Bonchev–Trinajstić information content (AvgIpc) is 2.98. The van der Waals surface area contributed by atoms with Gasteiger partial charge >= 0.3 is 0 Å². The normalized spacial score (nSPS) is 21.6. The summed E-state index contributed by atoms with van der Waals surface area (Å²) in [5, 5.41) is 4.38. The maximum atomic E-state index is 13.9. The Bertz CT molecular complexity index is 1190. The molecule has 2 aliphatic rings. The maximum absolute atomic E-state index is 13.9. The highest BCUT2D eigenvalue weighted by Gasteiger charge is 2.48. The number of aromatic nitrogens is 1. The van der Waals surface area contributed by atoms with Crippen molar-refractivity contribution in [3.63, 3.8) is 0 Å². The summed E-state index contributed by atoms with van der Waals surface area (Å²) >= 11 is 0. The second kappa shape index (κ2) is 8.69. The first kappa shape index (κ1) is 21.7. The quantitative estimate of drug-likeness (QED) is 0.563. The molecule has 33 heavy (non-hydrogen) atoms. The Balaban J connectivity index is 1.55. The fraction of sp³-hybridized carbons (Fsp3) is 0.429. The summed E-state index contributed by atoms with van der Waals surface area (Å²) in [6.07, 6.45) is 6.82. The topological polar surface area (TPSA) is 54.3 Å². The first-order valence-electron chi connectivity index (χ1n) is 12.2. The lowest BCUT2D eigenvalue weighted by atomic mass is 9.92. The maximum Gasteiger partial charge on any atom is 0.271 e.